The Kier molecular flexibility index (Phi) is 5.26. The van der Waals surface area contributed by atoms with E-state index in [2.05, 4.69) is 30.6 Å². The molecule has 20 heavy (non-hydrogen) atoms. The van der Waals surface area contributed by atoms with Crippen LogP contribution in [-0.2, 0) is 6.42 Å². The molecular weight excluding hydrogens is 276 g/mol. The second-order valence-corrected chi connectivity index (χ2v) is 6.07. The summed E-state index contributed by atoms with van der Waals surface area (Å²) < 4.78 is 26.3. The minimum atomic E-state index is -0.793. The lowest BCUT2D eigenvalue weighted by Gasteiger charge is -2.18. The first-order chi connectivity index (χ1) is 9.60. The molecule has 0 aliphatic carbocycles. The summed E-state index contributed by atoms with van der Waals surface area (Å²) in [6.07, 6.45) is 1.70. The van der Waals surface area contributed by atoms with Crippen LogP contribution in [0.2, 0.25) is 0 Å². The number of thiophene rings is 1. The molecule has 4 heteroatoms. The lowest BCUT2D eigenvalue weighted by molar-refractivity contribution is 0.500. The van der Waals surface area contributed by atoms with Gasteiger partial charge in [0.25, 0.3) is 0 Å². The van der Waals surface area contributed by atoms with Crippen molar-refractivity contribution < 1.29 is 8.78 Å². The lowest BCUT2D eigenvalue weighted by atomic mass is 10.0. The third-order valence-corrected chi connectivity index (χ3v) is 4.10. The average Bonchev–Trinajstić information content (AvgIpc) is 2.85. The van der Waals surface area contributed by atoms with Gasteiger partial charge in [-0.1, -0.05) is 13.0 Å². The van der Waals surface area contributed by atoms with Gasteiger partial charge in [-0.05, 0) is 61.0 Å². The van der Waals surface area contributed by atoms with Crippen molar-refractivity contribution in [3.05, 3.63) is 57.3 Å². The van der Waals surface area contributed by atoms with Crippen LogP contribution in [0, 0.1) is 18.6 Å². The van der Waals surface area contributed by atoms with Crippen LogP contribution in [0.4, 0.5) is 8.78 Å². The van der Waals surface area contributed by atoms with Crippen molar-refractivity contribution in [1.82, 2.24) is 5.32 Å². The molecule has 1 heterocycles. The SMILES string of the molecule is CCCNC(Cc1ccc(F)c(F)c1)c1csc(C)c1. The van der Waals surface area contributed by atoms with E-state index >= 15 is 0 Å². The van der Waals surface area contributed by atoms with Gasteiger partial charge >= 0.3 is 0 Å². The van der Waals surface area contributed by atoms with Crippen LogP contribution in [0.1, 0.15) is 35.4 Å². The predicted molar refractivity (Wildman–Crippen MR) is 80.2 cm³/mol. The Bertz CT molecular complexity index is 565. The third kappa shape index (κ3) is 3.87. The monoisotopic (exact) mass is 295 g/mol. The molecule has 1 aromatic heterocycles. The zero-order valence-electron chi connectivity index (χ0n) is 11.7. The van der Waals surface area contributed by atoms with Crippen LogP contribution < -0.4 is 5.32 Å². The molecule has 0 aliphatic heterocycles. The van der Waals surface area contributed by atoms with E-state index in [-0.39, 0.29) is 6.04 Å². The van der Waals surface area contributed by atoms with E-state index in [9.17, 15) is 8.78 Å². The summed E-state index contributed by atoms with van der Waals surface area (Å²) in [6.45, 7) is 5.09. The Balaban J connectivity index is 2.16. The van der Waals surface area contributed by atoms with E-state index in [1.807, 2.05) is 0 Å². The summed E-state index contributed by atoms with van der Waals surface area (Å²) in [7, 11) is 0. The van der Waals surface area contributed by atoms with E-state index in [0.29, 0.717) is 6.42 Å². The molecule has 0 bridgehead atoms. The van der Waals surface area contributed by atoms with Crippen LogP contribution in [-0.4, -0.2) is 6.54 Å². The highest BCUT2D eigenvalue weighted by Crippen LogP contribution is 2.24. The van der Waals surface area contributed by atoms with Gasteiger partial charge < -0.3 is 5.32 Å². The highest BCUT2D eigenvalue weighted by Gasteiger charge is 2.14. The summed E-state index contributed by atoms with van der Waals surface area (Å²) in [5, 5.41) is 5.60. The molecule has 0 spiro atoms. The first-order valence-electron chi connectivity index (χ1n) is 6.82. The van der Waals surface area contributed by atoms with Crippen molar-refractivity contribution in [2.75, 3.05) is 6.54 Å². The molecule has 2 rings (SSSR count). The Hall–Kier alpha value is -1.26. The van der Waals surface area contributed by atoms with Crippen molar-refractivity contribution in [2.24, 2.45) is 0 Å². The van der Waals surface area contributed by atoms with Crippen molar-refractivity contribution in [3.63, 3.8) is 0 Å². The zero-order chi connectivity index (χ0) is 14.5. The van der Waals surface area contributed by atoms with Crippen LogP contribution in [0.15, 0.2) is 29.6 Å². The number of hydrogen-bond donors (Lipinski definition) is 1. The van der Waals surface area contributed by atoms with Gasteiger partial charge in [-0.3, -0.25) is 0 Å². The summed E-state index contributed by atoms with van der Waals surface area (Å²) in [5.41, 5.74) is 2.02. The molecule has 0 fully saturated rings. The Morgan fingerprint density at radius 2 is 2.00 bits per heavy atom. The number of halogens is 2. The van der Waals surface area contributed by atoms with Gasteiger partial charge in [0.15, 0.2) is 11.6 Å². The van der Waals surface area contributed by atoms with E-state index in [1.54, 1.807) is 17.4 Å². The van der Waals surface area contributed by atoms with E-state index in [4.69, 9.17) is 0 Å². The topological polar surface area (TPSA) is 12.0 Å². The average molecular weight is 295 g/mol. The van der Waals surface area contributed by atoms with E-state index < -0.39 is 11.6 Å². The molecule has 1 nitrogen and oxygen atoms in total. The summed E-state index contributed by atoms with van der Waals surface area (Å²) in [5.74, 6) is -1.57. The highest BCUT2D eigenvalue weighted by molar-refractivity contribution is 7.10. The molecule has 2 aromatic rings. The highest BCUT2D eigenvalue weighted by atomic mass is 32.1. The minimum Gasteiger partial charge on any atom is -0.310 e. The predicted octanol–water partition coefficient (Wildman–Crippen LogP) is 4.62. The van der Waals surface area contributed by atoms with Gasteiger partial charge in [0.1, 0.15) is 0 Å². The molecule has 0 saturated heterocycles. The molecule has 0 amide bonds. The number of aryl methyl sites for hydroxylation is 1. The lowest BCUT2D eigenvalue weighted by Crippen LogP contribution is -2.23. The van der Waals surface area contributed by atoms with Gasteiger partial charge in [0.05, 0.1) is 0 Å². The van der Waals surface area contributed by atoms with Gasteiger partial charge in [-0.25, -0.2) is 8.78 Å². The number of rotatable bonds is 6. The van der Waals surface area contributed by atoms with Crippen LogP contribution in [0.5, 0.6) is 0 Å². The molecule has 1 atom stereocenters. The maximum absolute atomic E-state index is 13.3. The van der Waals surface area contributed by atoms with Gasteiger partial charge in [-0.15, -0.1) is 11.3 Å². The van der Waals surface area contributed by atoms with Crippen LogP contribution in [0.25, 0.3) is 0 Å². The molecule has 1 unspecified atom stereocenters. The third-order valence-electron chi connectivity index (χ3n) is 3.22. The fraction of sp³-hybridized carbons (Fsp3) is 0.375. The molecule has 0 saturated carbocycles. The first-order valence-corrected chi connectivity index (χ1v) is 7.70. The smallest absolute Gasteiger partial charge is 0.159 e. The fourth-order valence-electron chi connectivity index (χ4n) is 2.18. The zero-order valence-corrected chi connectivity index (χ0v) is 12.6. The van der Waals surface area contributed by atoms with Gasteiger partial charge in [0.2, 0.25) is 0 Å². The minimum absolute atomic E-state index is 0.143. The Morgan fingerprint density at radius 3 is 2.60 bits per heavy atom. The first kappa shape index (κ1) is 15.1. The van der Waals surface area contributed by atoms with Gasteiger partial charge in [0, 0.05) is 10.9 Å². The van der Waals surface area contributed by atoms with Crippen molar-refractivity contribution in [3.8, 4) is 0 Å². The fourth-order valence-corrected chi connectivity index (χ4v) is 2.93. The van der Waals surface area contributed by atoms with Crippen molar-refractivity contribution in [1.29, 1.82) is 0 Å². The maximum Gasteiger partial charge on any atom is 0.159 e. The number of hydrogen-bond acceptors (Lipinski definition) is 2. The van der Waals surface area contributed by atoms with Crippen molar-refractivity contribution in [2.45, 2.75) is 32.7 Å². The normalized spacial score (nSPS) is 12.6. The summed E-state index contributed by atoms with van der Waals surface area (Å²) in [6, 6.07) is 6.43. The molecule has 0 aliphatic rings. The van der Waals surface area contributed by atoms with E-state index in [0.717, 1.165) is 18.5 Å². The Morgan fingerprint density at radius 1 is 1.20 bits per heavy atom. The van der Waals surface area contributed by atoms with Crippen molar-refractivity contribution >= 4 is 11.3 Å². The largest absolute Gasteiger partial charge is 0.310 e. The van der Waals surface area contributed by atoms with E-state index in [1.165, 1.54) is 22.6 Å². The van der Waals surface area contributed by atoms with Gasteiger partial charge in [-0.2, -0.15) is 0 Å². The molecule has 0 radical (unpaired) electrons. The standard InChI is InChI=1S/C16H19F2NS/c1-3-6-19-16(13-7-11(2)20-10-13)9-12-4-5-14(17)15(18)8-12/h4-5,7-8,10,16,19H,3,6,9H2,1-2H3. The second-order valence-electron chi connectivity index (χ2n) is 4.95. The number of benzene rings is 1. The summed E-state index contributed by atoms with van der Waals surface area (Å²) in [4.78, 5) is 1.26. The summed E-state index contributed by atoms with van der Waals surface area (Å²) >= 11 is 1.71. The maximum atomic E-state index is 13.3. The van der Waals surface area contributed by atoms with Crippen LogP contribution >= 0.6 is 11.3 Å². The second kappa shape index (κ2) is 6.95. The molecular formula is C16H19F2NS. The molecule has 1 aromatic carbocycles. The molecule has 1 N–H and O–H groups in total. The Labute approximate surface area is 122 Å². The quantitative estimate of drug-likeness (QED) is 0.820. The van der Waals surface area contributed by atoms with Crippen LogP contribution in [0.3, 0.4) is 0 Å². The molecule has 108 valence electrons. The number of nitrogens with one attached hydrogen (secondary N) is 1.